The second-order valence-corrected chi connectivity index (χ2v) is 9.72. The number of H-pyrrole nitrogens is 1. The molecule has 0 unspecified atom stereocenters. The molecule has 2 saturated carbocycles. The van der Waals surface area contributed by atoms with Crippen molar-refractivity contribution < 1.29 is 14.0 Å². The largest absolute Gasteiger partial charge is 0.358 e. The second kappa shape index (κ2) is 6.86. The standard InChI is InChI=1S/C26H24FN3O2/c1-26-12-18(26)24(31)22-17(9-14-5-3-2-4-6-14)23(29-20(22)13-26)15-7-8-28-21(10-15)30-25(32)16-11-19(16)27/h2-8,10,16,18-19,29H,9,11-13H2,1H3,(H,28,30,32)/t16-,18-,19+,26+/m1/s1. The molecule has 2 heterocycles. The average Bonchev–Trinajstić information content (AvgIpc) is 3.65. The number of pyridine rings is 1. The summed E-state index contributed by atoms with van der Waals surface area (Å²) < 4.78 is 13.2. The maximum atomic E-state index is 13.3. The van der Waals surface area contributed by atoms with Crippen LogP contribution in [0.15, 0.2) is 48.7 Å². The van der Waals surface area contributed by atoms with Crippen molar-refractivity contribution in [2.75, 3.05) is 5.32 Å². The first kappa shape index (κ1) is 19.4. The molecule has 4 atom stereocenters. The number of amides is 1. The first-order valence-electron chi connectivity index (χ1n) is 11.2. The van der Waals surface area contributed by atoms with Gasteiger partial charge in [-0.3, -0.25) is 9.59 Å². The number of ketones is 1. The van der Waals surface area contributed by atoms with Crippen molar-refractivity contribution in [2.45, 2.75) is 38.8 Å². The number of aromatic nitrogens is 2. The predicted octanol–water partition coefficient (Wildman–Crippen LogP) is 4.73. The summed E-state index contributed by atoms with van der Waals surface area (Å²) in [4.78, 5) is 33.3. The Morgan fingerprint density at radius 2 is 2.06 bits per heavy atom. The molecule has 1 amide bonds. The Morgan fingerprint density at radius 1 is 1.28 bits per heavy atom. The molecule has 6 rings (SSSR count). The van der Waals surface area contributed by atoms with Gasteiger partial charge in [0.25, 0.3) is 0 Å². The first-order valence-corrected chi connectivity index (χ1v) is 11.2. The van der Waals surface area contributed by atoms with Crippen molar-refractivity contribution in [1.82, 2.24) is 9.97 Å². The maximum Gasteiger partial charge on any atom is 0.231 e. The molecule has 162 valence electrons. The van der Waals surface area contributed by atoms with Gasteiger partial charge < -0.3 is 10.3 Å². The summed E-state index contributed by atoms with van der Waals surface area (Å²) in [7, 11) is 0. The summed E-state index contributed by atoms with van der Waals surface area (Å²) in [5.41, 5.74) is 5.80. The third-order valence-electron chi connectivity index (χ3n) is 7.25. The first-order chi connectivity index (χ1) is 15.4. The number of nitrogens with one attached hydrogen (secondary N) is 2. The second-order valence-electron chi connectivity index (χ2n) is 9.72. The number of alkyl halides is 1. The Hall–Kier alpha value is -3.28. The third kappa shape index (κ3) is 3.17. The van der Waals surface area contributed by atoms with Crippen LogP contribution in [0.1, 0.15) is 46.9 Å². The summed E-state index contributed by atoms with van der Waals surface area (Å²) in [6.07, 6.45) is 3.33. The minimum Gasteiger partial charge on any atom is -0.358 e. The van der Waals surface area contributed by atoms with E-state index in [0.717, 1.165) is 46.5 Å². The number of fused-ring (bicyclic) bond motifs is 2. The number of rotatable bonds is 5. The fourth-order valence-corrected chi connectivity index (χ4v) is 5.15. The molecule has 3 aromatic rings. The number of nitrogens with zero attached hydrogens (tertiary/aromatic N) is 1. The molecular weight excluding hydrogens is 405 g/mol. The van der Waals surface area contributed by atoms with Crippen LogP contribution in [0.2, 0.25) is 0 Å². The molecule has 2 aromatic heterocycles. The lowest BCUT2D eigenvalue weighted by molar-refractivity contribution is -0.117. The molecule has 0 aliphatic heterocycles. The van der Waals surface area contributed by atoms with Crippen molar-refractivity contribution >= 4 is 17.5 Å². The van der Waals surface area contributed by atoms with Gasteiger partial charge in [-0.2, -0.15) is 0 Å². The van der Waals surface area contributed by atoms with Gasteiger partial charge in [0.2, 0.25) is 5.91 Å². The van der Waals surface area contributed by atoms with Gasteiger partial charge in [-0.25, -0.2) is 9.37 Å². The van der Waals surface area contributed by atoms with E-state index in [0.29, 0.717) is 12.2 Å². The van der Waals surface area contributed by atoms with Crippen LogP contribution in [0, 0.1) is 17.3 Å². The van der Waals surface area contributed by atoms with E-state index < -0.39 is 12.1 Å². The van der Waals surface area contributed by atoms with E-state index in [1.807, 2.05) is 24.3 Å². The lowest BCUT2D eigenvalue weighted by Crippen LogP contribution is -2.20. The van der Waals surface area contributed by atoms with E-state index in [4.69, 9.17) is 0 Å². The highest BCUT2D eigenvalue weighted by Gasteiger charge is 2.58. The summed E-state index contributed by atoms with van der Waals surface area (Å²) in [6.45, 7) is 2.19. The molecule has 32 heavy (non-hydrogen) atoms. The lowest BCUT2D eigenvalue weighted by Gasteiger charge is -2.17. The summed E-state index contributed by atoms with van der Waals surface area (Å²) >= 11 is 0. The number of halogens is 1. The Kier molecular flexibility index (Phi) is 4.16. The maximum absolute atomic E-state index is 13.3. The fourth-order valence-electron chi connectivity index (χ4n) is 5.15. The quantitative estimate of drug-likeness (QED) is 0.616. The van der Waals surface area contributed by atoms with Gasteiger partial charge in [-0.15, -0.1) is 0 Å². The van der Waals surface area contributed by atoms with E-state index >= 15 is 0 Å². The molecule has 0 bridgehead atoms. The monoisotopic (exact) mass is 429 g/mol. The van der Waals surface area contributed by atoms with Gasteiger partial charge >= 0.3 is 0 Å². The summed E-state index contributed by atoms with van der Waals surface area (Å²) in [6, 6.07) is 13.8. The smallest absolute Gasteiger partial charge is 0.231 e. The zero-order chi connectivity index (χ0) is 22.0. The van der Waals surface area contributed by atoms with Crippen LogP contribution in [0.3, 0.4) is 0 Å². The third-order valence-corrected chi connectivity index (χ3v) is 7.25. The highest BCUT2D eigenvalue weighted by atomic mass is 19.1. The van der Waals surface area contributed by atoms with Crippen LogP contribution in [0.4, 0.5) is 10.2 Å². The Balaban J connectivity index is 1.40. The fraction of sp³-hybridized carbons (Fsp3) is 0.346. The van der Waals surface area contributed by atoms with E-state index in [9.17, 15) is 14.0 Å². The molecule has 1 aromatic carbocycles. The zero-order valence-electron chi connectivity index (χ0n) is 17.8. The van der Waals surface area contributed by atoms with E-state index in [2.05, 4.69) is 34.3 Å². The topological polar surface area (TPSA) is 74.8 Å². The van der Waals surface area contributed by atoms with Crippen LogP contribution < -0.4 is 5.32 Å². The number of hydrogen-bond acceptors (Lipinski definition) is 3. The molecule has 0 spiro atoms. The number of Topliss-reactive ketones (excluding diaryl/α,β-unsaturated/α-hetero) is 1. The van der Waals surface area contributed by atoms with Crippen molar-refractivity contribution in [1.29, 1.82) is 0 Å². The molecule has 3 aliphatic carbocycles. The van der Waals surface area contributed by atoms with Crippen LogP contribution in [0.25, 0.3) is 11.3 Å². The number of anilines is 1. The average molecular weight is 429 g/mol. The van der Waals surface area contributed by atoms with E-state index in [1.165, 1.54) is 0 Å². The Labute approximate surface area is 185 Å². The molecule has 5 nitrogen and oxygen atoms in total. The Morgan fingerprint density at radius 3 is 2.81 bits per heavy atom. The van der Waals surface area contributed by atoms with Crippen molar-refractivity contribution in [3.63, 3.8) is 0 Å². The minimum absolute atomic E-state index is 0.0702. The zero-order valence-corrected chi connectivity index (χ0v) is 17.8. The molecule has 0 saturated heterocycles. The van der Waals surface area contributed by atoms with Crippen molar-refractivity contribution in [2.24, 2.45) is 17.3 Å². The highest BCUT2D eigenvalue weighted by Crippen LogP contribution is 2.59. The van der Waals surface area contributed by atoms with E-state index in [1.54, 1.807) is 12.3 Å². The van der Waals surface area contributed by atoms with Crippen molar-refractivity contribution in [3.8, 4) is 11.3 Å². The number of carbonyl (C=O) groups excluding carboxylic acids is 2. The molecule has 0 radical (unpaired) electrons. The molecule has 3 aliphatic rings. The molecule has 6 heteroatoms. The van der Waals surface area contributed by atoms with Crippen LogP contribution in [-0.4, -0.2) is 27.8 Å². The van der Waals surface area contributed by atoms with Gasteiger partial charge in [0.05, 0.1) is 11.6 Å². The minimum atomic E-state index is -1.05. The van der Waals surface area contributed by atoms with Gasteiger partial charge in [0.15, 0.2) is 5.78 Å². The van der Waals surface area contributed by atoms with Crippen LogP contribution >= 0.6 is 0 Å². The lowest BCUT2D eigenvalue weighted by atomic mass is 9.84. The number of hydrogen-bond donors (Lipinski definition) is 2. The van der Waals surface area contributed by atoms with Gasteiger partial charge in [0, 0.05) is 35.4 Å². The van der Waals surface area contributed by atoms with Crippen LogP contribution in [-0.2, 0) is 17.6 Å². The number of carbonyl (C=O) groups is 2. The number of aromatic amines is 1. The van der Waals surface area contributed by atoms with Gasteiger partial charge in [0.1, 0.15) is 12.0 Å². The van der Waals surface area contributed by atoms with Gasteiger partial charge in [-0.1, -0.05) is 37.3 Å². The normalized spacial score (nSPS) is 27.4. The SMILES string of the molecule is C[C@]12Cc3[nH]c(-c4ccnc(NC(=O)[C@@H]5C[C@@H]5F)c4)c(Cc4ccccc4)c3C(=O)[C@H]1C2. The van der Waals surface area contributed by atoms with Crippen LogP contribution in [0.5, 0.6) is 0 Å². The molecule has 2 fully saturated rings. The highest BCUT2D eigenvalue weighted by molar-refractivity contribution is 6.05. The molecular formula is C26H24FN3O2. The predicted molar refractivity (Wildman–Crippen MR) is 119 cm³/mol. The van der Waals surface area contributed by atoms with E-state index in [-0.39, 0.29) is 29.4 Å². The van der Waals surface area contributed by atoms with Crippen molar-refractivity contribution in [3.05, 3.63) is 71.0 Å². The summed E-state index contributed by atoms with van der Waals surface area (Å²) in [5.74, 6) is -0.149. The Bertz CT molecular complexity index is 1250. The summed E-state index contributed by atoms with van der Waals surface area (Å²) in [5, 5.41) is 2.73. The van der Waals surface area contributed by atoms with Gasteiger partial charge in [-0.05, 0) is 47.9 Å². The molecule has 2 N–H and O–H groups in total. The number of benzene rings is 1.